The summed E-state index contributed by atoms with van der Waals surface area (Å²) < 4.78 is 25.2. The van der Waals surface area contributed by atoms with Gasteiger partial charge >= 0.3 is 0 Å². The van der Waals surface area contributed by atoms with Gasteiger partial charge in [-0.1, -0.05) is 0 Å². The van der Waals surface area contributed by atoms with Crippen LogP contribution in [0.1, 0.15) is 58.3 Å². The van der Waals surface area contributed by atoms with Gasteiger partial charge in [0.25, 0.3) is 5.91 Å². The summed E-state index contributed by atoms with van der Waals surface area (Å²) in [4.78, 5) is 29.5. The highest BCUT2D eigenvalue weighted by atomic mass is 32.2. The lowest BCUT2D eigenvalue weighted by atomic mass is 10.0. The van der Waals surface area contributed by atoms with Crippen molar-refractivity contribution in [3.05, 3.63) is 22.5 Å². The zero-order valence-corrected chi connectivity index (χ0v) is 15.4. The third kappa shape index (κ3) is 4.05. The molecule has 0 radical (unpaired) electrons. The summed E-state index contributed by atoms with van der Waals surface area (Å²) in [5, 5.41) is 0. The van der Waals surface area contributed by atoms with Crippen molar-refractivity contribution in [2.24, 2.45) is 0 Å². The van der Waals surface area contributed by atoms with Crippen LogP contribution in [0.2, 0.25) is 0 Å². The number of carbonyl (C=O) groups is 2. The van der Waals surface area contributed by atoms with Gasteiger partial charge in [0.1, 0.15) is 5.69 Å². The van der Waals surface area contributed by atoms with Gasteiger partial charge in [-0.05, 0) is 45.6 Å². The van der Waals surface area contributed by atoms with Gasteiger partial charge in [0.15, 0.2) is 5.78 Å². The van der Waals surface area contributed by atoms with E-state index < -0.39 is 10.0 Å². The molecule has 2 N–H and O–H groups in total. The number of Topliss-reactive ketones (excluding diaryl/α,β-unsaturated/α-hetero) is 1. The van der Waals surface area contributed by atoms with E-state index in [0.29, 0.717) is 29.1 Å². The number of piperidine rings is 1. The van der Waals surface area contributed by atoms with E-state index in [4.69, 9.17) is 0 Å². The predicted molar refractivity (Wildman–Crippen MR) is 91.8 cm³/mol. The zero-order valence-electron chi connectivity index (χ0n) is 14.6. The summed E-state index contributed by atoms with van der Waals surface area (Å²) in [5.74, 6) is -0.252. The maximum atomic E-state index is 12.9. The van der Waals surface area contributed by atoms with Gasteiger partial charge in [-0.25, -0.2) is 13.1 Å². The molecule has 2 rings (SSSR count). The maximum Gasteiger partial charge on any atom is 0.270 e. The average molecular weight is 355 g/mol. The normalized spacial score (nSPS) is 18.7. The number of aromatic nitrogens is 1. The average Bonchev–Trinajstić information content (AvgIpc) is 2.79. The first-order valence-corrected chi connectivity index (χ1v) is 9.96. The minimum Gasteiger partial charge on any atom is -0.354 e. The van der Waals surface area contributed by atoms with Crippen molar-refractivity contribution >= 4 is 21.7 Å². The second-order valence-corrected chi connectivity index (χ2v) is 8.28. The highest BCUT2D eigenvalue weighted by molar-refractivity contribution is 7.88. The molecule has 1 fully saturated rings. The predicted octanol–water partition coefficient (Wildman–Crippen LogP) is 1.38. The Morgan fingerprint density at radius 1 is 1.29 bits per heavy atom. The molecule has 24 heavy (non-hydrogen) atoms. The molecule has 0 spiro atoms. The van der Waals surface area contributed by atoms with Crippen molar-refractivity contribution in [1.29, 1.82) is 0 Å². The first-order valence-electron chi connectivity index (χ1n) is 8.07. The lowest BCUT2D eigenvalue weighted by Crippen LogP contribution is -2.49. The Bertz CT molecular complexity index is 752. The molecule has 1 amide bonds. The highest BCUT2D eigenvalue weighted by Gasteiger charge is 2.31. The molecule has 134 valence electrons. The van der Waals surface area contributed by atoms with E-state index in [1.807, 2.05) is 0 Å². The number of carbonyl (C=O) groups excluding carboxylic acids is 2. The molecule has 1 aliphatic rings. The van der Waals surface area contributed by atoms with Crippen molar-refractivity contribution < 1.29 is 18.0 Å². The fourth-order valence-electron chi connectivity index (χ4n) is 3.36. The molecule has 0 aliphatic carbocycles. The van der Waals surface area contributed by atoms with Crippen LogP contribution in [0.5, 0.6) is 0 Å². The zero-order chi connectivity index (χ0) is 18.1. The minimum absolute atomic E-state index is 0.0748. The number of likely N-dealkylation sites (tertiary alicyclic amines) is 1. The smallest absolute Gasteiger partial charge is 0.270 e. The van der Waals surface area contributed by atoms with E-state index in [1.165, 1.54) is 6.92 Å². The maximum absolute atomic E-state index is 12.9. The molecule has 7 nitrogen and oxygen atoms in total. The number of amides is 1. The van der Waals surface area contributed by atoms with Crippen molar-refractivity contribution in [3.8, 4) is 0 Å². The fraction of sp³-hybridized carbons (Fsp3) is 0.625. The van der Waals surface area contributed by atoms with Crippen molar-refractivity contribution in [2.45, 2.75) is 46.1 Å². The number of ketones is 1. The molecular formula is C16H25N3O4S. The Kier molecular flexibility index (Phi) is 5.49. The number of nitrogens with one attached hydrogen (secondary N) is 2. The van der Waals surface area contributed by atoms with Crippen LogP contribution in [0.4, 0.5) is 0 Å². The van der Waals surface area contributed by atoms with Crippen LogP contribution in [-0.4, -0.2) is 55.4 Å². The first-order chi connectivity index (χ1) is 11.1. The van der Waals surface area contributed by atoms with E-state index >= 15 is 0 Å². The number of H-pyrrole nitrogens is 1. The second-order valence-electron chi connectivity index (χ2n) is 6.45. The molecule has 1 aromatic rings. The Hall–Kier alpha value is -1.67. The molecule has 1 atom stereocenters. The molecule has 0 bridgehead atoms. The van der Waals surface area contributed by atoms with Crippen LogP contribution in [0, 0.1) is 13.8 Å². The molecule has 1 aliphatic heterocycles. The monoisotopic (exact) mass is 355 g/mol. The number of sulfonamides is 1. The Balaban J connectivity index is 2.26. The summed E-state index contributed by atoms with van der Waals surface area (Å²) in [6.07, 6.45) is 3.72. The molecule has 1 saturated heterocycles. The minimum atomic E-state index is -3.30. The standard InChI is InChI=1S/C16H25N3O4S/c1-10-14(12(3)20)11(2)18-15(10)16(21)19-8-6-5-7-13(19)9-17-24(4,22)23/h13,17-18H,5-9H2,1-4H3. The van der Waals surface area contributed by atoms with E-state index in [1.54, 1.807) is 18.7 Å². The van der Waals surface area contributed by atoms with Crippen molar-refractivity contribution in [2.75, 3.05) is 19.3 Å². The quantitative estimate of drug-likeness (QED) is 0.779. The highest BCUT2D eigenvalue weighted by Crippen LogP contribution is 2.24. The lowest BCUT2D eigenvalue weighted by molar-refractivity contribution is 0.0612. The van der Waals surface area contributed by atoms with E-state index in [-0.39, 0.29) is 24.3 Å². The van der Waals surface area contributed by atoms with Crippen LogP contribution in [0.15, 0.2) is 0 Å². The van der Waals surface area contributed by atoms with Gasteiger partial charge in [-0.3, -0.25) is 9.59 Å². The molecule has 1 unspecified atom stereocenters. The van der Waals surface area contributed by atoms with Gasteiger partial charge in [0.05, 0.1) is 6.26 Å². The second kappa shape index (κ2) is 7.06. The van der Waals surface area contributed by atoms with Crippen LogP contribution in [0.25, 0.3) is 0 Å². The Labute approximate surface area is 142 Å². The van der Waals surface area contributed by atoms with E-state index in [0.717, 1.165) is 25.5 Å². The van der Waals surface area contributed by atoms with Gasteiger partial charge in [0.2, 0.25) is 10.0 Å². The summed E-state index contributed by atoms with van der Waals surface area (Å²) in [7, 11) is -3.30. The largest absolute Gasteiger partial charge is 0.354 e. The molecule has 1 aromatic heterocycles. The van der Waals surface area contributed by atoms with Crippen LogP contribution >= 0.6 is 0 Å². The Morgan fingerprint density at radius 2 is 1.96 bits per heavy atom. The van der Waals surface area contributed by atoms with Gasteiger partial charge < -0.3 is 9.88 Å². The van der Waals surface area contributed by atoms with E-state index in [2.05, 4.69) is 9.71 Å². The Morgan fingerprint density at radius 3 is 2.50 bits per heavy atom. The van der Waals surface area contributed by atoms with Crippen molar-refractivity contribution in [1.82, 2.24) is 14.6 Å². The number of aromatic amines is 1. The van der Waals surface area contributed by atoms with Crippen LogP contribution in [0.3, 0.4) is 0 Å². The summed E-state index contributed by atoms with van der Waals surface area (Å²) in [6.45, 7) is 5.82. The van der Waals surface area contributed by atoms with Crippen LogP contribution < -0.4 is 4.72 Å². The van der Waals surface area contributed by atoms with Crippen molar-refractivity contribution in [3.63, 3.8) is 0 Å². The first kappa shape index (κ1) is 18.7. The van der Waals surface area contributed by atoms with E-state index in [9.17, 15) is 18.0 Å². The molecule has 2 heterocycles. The van der Waals surface area contributed by atoms with Gasteiger partial charge in [0, 0.05) is 30.4 Å². The molecular weight excluding hydrogens is 330 g/mol. The number of rotatable bonds is 5. The molecule has 0 saturated carbocycles. The third-order valence-corrected chi connectivity index (χ3v) is 5.16. The fourth-order valence-corrected chi connectivity index (χ4v) is 3.86. The lowest BCUT2D eigenvalue weighted by Gasteiger charge is -2.35. The third-order valence-electron chi connectivity index (χ3n) is 4.47. The summed E-state index contributed by atoms with van der Waals surface area (Å²) >= 11 is 0. The SMILES string of the molecule is CC(=O)c1c(C)[nH]c(C(=O)N2CCCCC2CNS(C)(=O)=O)c1C. The number of nitrogens with zero attached hydrogens (tertiary/aromatic N) is 1. The number of aryl methyl sites for hydroxylation is 1. The molecule has 0 aromatic carbocycles. The summed E-state index contributed by atoms with van der Waals surface area (Å²) in [6, 6.07) is -0.176. The summed E-state index contributed by atoms with van der Waals surface area (Å²) in [5.41, 5.74) is 2.32. The van der Waals surface area contributed by atoms with Gasteiger partial charge in [-0.2, -0.15) is 0 Å². The number of hydrogen-bond acceptors (Lipinski definition) is 4. The molecule has 8 heteroatoms. The number of hydrogen-bond donors (Lipinski definition) is 2. The topological polar surface area (TPSA) is 99.3 Å². The van der Waals surface area contributed by atoms with Crippen LogP contribution in [-0.2, 0) is 10.0 Å². The van der Waals surface area contributed by atoms with Gasteiger partial charge in [-0.15, -0.1) is 0 Å².